The van der Waals surface area contributed by atoms with Crippen molar-refractivity contribution in [3.05, 3.63) is 77.0 Å². The van der Waals surface area contributed by atoms with Crippen LogP contribution in [0.5, 0.6) is 5.75 Å². The number of amides is 1. The van der Waals surface area contributed by atoms with E-state index < -0.39 is 5.41 Å². The lowest BCUT2D eigenvalue weighted by atomic mass is 9.91. The van der Waals surface area contributed by atoms with Gasteiger partial charge in [-0.2, -0.15) is 0 Å². The lowest BCUT2D eigenvalue weighted by Gasteiger charge is -2.21. The van der Waals surface area contributed by atoms with Crippen LogP contribution in [-0.4, -0.2) is 17.7 Å². The highest BCUT2D eigenvalue weighted by Crippen LogP contribution is 2.50. The monoisotopic (exact) mass is 428 g/mol. The van der Waals surface area contributed by atoms with E-state index in [-0.39, 0.29) is 12.7 Å². The number of hydrogen-bond donors (Lipinski definition) is 1. The highest BCUT2D eigenvalue weighted by Gasteiger charge is 2.51. The molecular weight excluding hydrogens is 400 g/mol. The van der Waals surface area contributed by atoms with Crippen LogP contribution in [0, 0.1) is 6.92 Å². The number of nitrogens with zero attached hydrogens (tertiary/aromatic N) is 1. The Morgan fingerprint density at radius 1 is 1.09 bits per heavy atom. The highest BCUT2D eigenvalue weighted by atomic mass is 16.7. The number of hydrogen-bond acceptors (Lipinski definition) is 4. The molecule has 5 nitrogen and oxygen atoms in total. The summed E-state index contributed by atoms with van der Waals surface area (Å²) in [7, 11) is 0. The number of benzene rings is 2. The first-order valence-electron chi connectivity index (χ1n) is 11.2. The van der Waals surface area contributed by atoms with Gasteiger partial charge in [-0.05, 0) is 60.1 Å². The van der Waals surface area contributed by atoms with Crippen molar-refractivity contribution < 1.29 is 14.3 Å². The molecule has 5 rings (SSSR count). The summed E-state index contributed by atoms with van der Waals surface area (Å²) in [5, 5.41) is 3.06. The van der Waals surface area contributed by atoms with Gasteiger partial charge in [0.1, 0.15) is 11.6 Å². The number of carbonyl (C=O) groups excluding carboxylic acids is 1. The summed E-state index contributed by atoms with van der Waals surface area (Å²) in [6.07, 6.45) is 3.53. The fourth-order valence-electron chi connectivity index (χ4n) is 4.52. The SMILES string of the molecule is Cc1cc(NC(=O)C2(c3ccc4c(c3)OCOC4)CC2)ncc1-c1ccccc1C(C)C. The fourth-order valence-corrected chi connectivity index (χ4v) is 4.52. The number of ether oxygens (including phenoxy) is 2. The highest BCUT2D eigenvalue weighted by molar-refractivity contribution is 6.01. The van der Waals surface area contributed by atoms with Crippen LogP contribution < -0.4 is 10.1 Å². The molecule has 164 valence electrons. The Labute approximate surface area is 188 Å². The van der Waals surface area contributed by atoms with Crippen molar-refractivity contribution in [2.24, 2.45) is 0 Å². The number of aryl methyl sites for hydroxylation is 1. The van der Waals surface area contributed by atoms with Crippen molar-refractivity contribution in [2.45, 2.75) is 51.6 Å². The first kappa shape index (κ1) is 20.7. The van der Waals surface area contributed by atoms with Gasteiger partial charge in [0.2, 0.25) is 5.91 Å². The van der Waals surface area contributed by atoms with Crippen LogP contribution in [0.3, 0.4) is 0 Å². The van der Waals surface area contributed by atoms with Crippen molar-refractivity contribution in [3.63, 3.8) is 0 Å². The lowest BCUT2D eigenvalue weighted by molar-refractivity contribution is -0.118. The number of aromatic nitrogens is 1. The van der Waals surface area contributed by atoms with Crippen LogP contribution in [-0.2, 0) is 21.6 Å². The zero-order valence-corrected chi connectivity index (χ0v) is 18.8. The zero-order chi connectivity index (χ0) is 22.3. The van der Waals surface area contributed by atoms with Crippen LogP contribution in [0.15, 0.2) is 54.7 Å². The molecule has 32 heavy (non-hydrogen) atoms. The van der Waals surface area contributed by atoms with E-state index in [1.165, 1.54) is 11.1 Å². The molecule has 1 aromatic heterocycles. The van der Waals surface area contributed by atoms with Gasteiger partial charge in [-0.15, -0.1) is 0 Å². The molecule has 2 aromatic carbocycles. The zero-order valence-electron chi connectivity index (χ0n) is 18.8. The summed E-state index contributed by atoms with van der Waals surface area (Å²) >= 11 is 0. The van der Waals surface area contributed by atoms with E-state index in [4.69, 9.17) is 9.47 Å². The van der Waals surface area contributed by atoms with Crippen molar-refractivity contribution in [2.75, 3.05) is 12.1 Å². The molecule has 0 unspecified atom stereocenters. The Bertz CT molecular complexity index is 1180. The van der Waals surface area contributed by atoms with Gasteiger partial charge in [0.05, 0.1) is 12.0 Å². The maximum absolute atomic E-state index is 13.3. The molecule has 0 bridgehead atoms. The predicted molar refractivity (Wildman–Crippen MR) is 125 cm³/mol. The Kier molecular flexibility index (Phi) is 5.22. The van der Waals surface area contributed by atoms with Crippen LogP contribution in [0.25, 0.3) is 11.1 Å². The average Bonchev–Trinajstić information content (AvgIpc) is 3.61. The topological polar surface area (TPSA) is 60.5 Å². The van der Waals surface area contributed by atoms with Gasteiger partial charge in [-0.25, -0.2) is 4.98 Å². The van der Waals surface area contributed by atoms with Crippen LogP contribution in [0.2, 0.25) is 0 Å². The minimum Gasteiger partial charge on any atom is -0.467 e. The molecule has 0 atom stereocenters. The molecule has 1 aliphatic carbocycles. The molecule has 3 aromatic rings. The van der Waals surface area contributed by atoms with Gasteiger partial charge in [0.25, 0.3) is 0 Å². The van der Waals surface area contributed by atoms with E-state index in [0.717, 1.165) is 40.8 Å². The third kappa shape index (κ3) is 3.67. The quantitative estimate of drug-likeness (QED) is 0.565. The summed E-state index contributed by atoms with van der Waals surface area (Å²) < 4.78 is 10.9. The minimum atomic E-state index is -0.505. The molecule has 5 heteroatoms. The second kappa shape index (κ2) is 8.06. The van der Waals surface area contributed by atoms with Gasteiger partial charge in [-0.1, -0.05) is 50.2 Å². The van der Waals surface area contributed by atoms with E-state index in [9.17, 15) is 4.79 Å². The number of anilines is 1. The molecule has 0 saturated heterocycles. The summed E-state index contributed by atoms with van der Waals surface area (Å²) in [5.74, 6) is 1.82. The van der Waals surface area contributed by atoms with Gasteiger partial charge in [0, 0.05) is 17.3 Å². The van der Waals surface area contributed by atoms with Gasteiger partial charge >= 0.3 is 0 Å². The van der Waals surface area contributed by atoms with Crippen LogP contribution in [0.4, 0.5) is 5.82 Å². The molecule has 1 aliphatic heterocycles. The van der Waals surface area contributed by atoms with Crippen molar-refractivity contribution in [3.8, 4) is 16.9 Å². The van der Waals surface area contributed by atoms with Crippen molar-refractivity contribution in [1.82, 2.24) is 4.98 Å². The lowest BCUT2D eigenvalue weighted by Crippen LogP contribution is -2.28. The molecule has 0 spiro atoms. The van der Waals surface area contributed by atoms with Gasteiger partial charge in [0.15, 0.2) is 6.79 Å². The van der Waals surface area contributed by atoms with E-state index in [2.05, 4.69) is 55.3 Å². The van der Waals surface area contributed by atoms with Gasteiger partial charge in [-0.3, -0.25) is 4.79 Å². The Morgan fingerprint density at radius 3 is 2.66 bits per heavy atom. The van der Waals surface area contributed by atoms with Crippen molar-refractivity contribution in [1.29, 1.82) is 0 Å². The molecule has 1 N–H and O–H groups in total. The molecule has 1 amide bonds. The number of nitrogens with one attached hydrogen (secondary N) is 1. The van der Waals surface area contributed by atoms with Crippen molar-refractivity contribution >= 4 is 11.7 Å². The summed E-state index contributed by atoms with van der Waals surface area (Å²) in [6, 6.07) is 16.4. The molecule has 1 saturated carbocycles. The Morgan fingerprint density at radius 2 is 1.91 bits per heavy atom. The van der Waals surface area contributed by atoms with E-state index >= 15 is 0 Å². The second-order valence-corrected chi connectivity index (χ2v) is 9.10. The van der Waals surface area contributed by atoms with E-state index in [1.807, 2.05) is 30.5 Å². The third-order valence-corrected chi connectivity index (χ3v) is 6.59. The average molecular weight is 429 g/mol. The third-order valence-electron chi connectivity index (χ3n) is 6.59. The minimum absolute atomic E-state index is 0.00765. The molecule has 2 aliphatic rings. The standard InChI is InChI=1S/C27H28N2O3/c1-17(2)21-6-4-5-7-22(21)23-14-28-25(12-18(23)3)29-26(30)27(10-11-27)20-9-8-19-15-31-16-32-24(19)13-20/h4-9,12-14,17H,10-11,15-16H2,1-3H3,(H,28,29,30). The molecule has 1 fully saturated rings. The normalized spacial score (nSPS) is 16.2. The maximum atomic E-state index is 13.3. The number of pyridine rings is 1. The van der Waals surface area contributed by atoms with E-state index in [0.29, 0.717) is 18.3 Å². The number of rotatable bonds is 5. The number of fused-ring (bicyclic) bond motifs is 1. The van der Waals surface area contributed by atoms with Crippen LogP contribution >= 0.6 is 0 Å². The molecule has 2 heterocycles. The second-order valence-electron chi connectivity index (χ2n) is 9.10. The predicted octanol–water partition coefficient (Wildman–Crippen LogP) is 5.72. The Hall–Kier alpha value is -3.18. The smallest absolute Gasteiger partial charge is 0.236 e. The van der Waals surface area contributed by atoms with Crippen LogP contribution in [0.1, 0.15) is 54.9 Å². The number of carbonyl (C=O) groups is 1. The molecular formula is C27H28N2O3. The largest absolute Gasteiger partial charge is 0.467 e. The summed E-state index contributed by atoms with van der Waals surface area (Å²) in [6.45, 7) is 7.27. The molecule has 0 radical (unpaired) electrons. The first-order valence-corrected chi connectivity index (χ1v) is 11.2. The maximum Gasteiger partial charge on any atom is 0.236 e. The Balaban J connectivity index is 1.38. The first-order chi connectivity index (χ1) is 15.5. The summed E-state index contributed by atoms with van der Waals surface area (Å²) in [4.78, 5) is 17.8. The van der Waals surface area contributed by atoms with E-state index in [1.54, 1.807) is 0 Å². The summed E-state index contributed by atoms with van der Waals surface area (Å²) in [5.41, 5.74) is 6.20. The fraction of sp³-hybridized carbons (Fsp3) is 0.333. The van der Waals surface area contributed by atoms with Gasteiger partial charge < -0.3 is 14.8 Å².